The van der Waals surface area contributed by atoms with E-state index in [-0.39, 0.29) is 5.91 Å². The number of nitrogens with zero attached hydrogens (tertiary/aromatic N) is 2. The summed E-state index contributed by atoms with van der Waals surface area (Å²) >= 11 is 6.13. The normalized spacial score (nSPS) is 15.8. The predicted molar refractivity (Wildman–Crippen MR) is 87.6 cm³/mol. The number of hydrogen-bond donors (Lipinski definition) is 1. The Kier molecular flexibility index (Phi) is 4.30. The van der Waals surface area contributed by atoms with E-state index in [0.29, 0.717) is 23.6 Å². The van der Waals surface area contributed by atoms with Crippen LogP contribution in [0.4, 0.5) is 0 Å². The molecule has 0 spiro atoms. The van der Waals surface area contributed by atoms with Gasteiger partial charge < -0.3 is 5.32 Å². The first-order valence-electron chi connectivity index (χ1n) is 6.97. The molecule has 0 saturated heterocycles. The van der Waals surface area contributed by atoms with Gasteiger partial charge in [-0.15, -0.1) is 0 Å². The van der Waals surface area contributed by atoms with Crippen LogP contribution >= 0.6 is 11.6 Å². The number of amidine groups is 1. The summed E-state index contributed by atoms with van der Waals surface area (Å²) in [6.07, 6.45) is 4.73. The maximum atomic E-state index is 11.9. The zero-order chi connectivity index (χ0) is 15.4. The fraction of sp³-hybridized carbons (Fsp3) is 0.118. The molecule has 1 aromatic heterocycles. The first-order valence-corrected chi connectivity index (χ1v) is 7.35. The van der Waals surface area contributed by atoms with Gasteiger partial charge in [-0.05, 0) is 36.3 Å². The second-order valence-corrected chi connectivity index (χ2v) is 5.30. The van der Waals surface area contributed by atoms with E-state index in [0.717, 1.165) is 17.0 Å². The molecule has 1 amide bonds. The van der Waals surface area contributed by atoms with Crippen molar-refractivity contribution in [3.8, 4) is 0 Å². The number of nitrogens with one attached hydrogen (secondary N) is 1. The van der Waals surface area contributed by atoms with E-state index in [1.54, 1.807) is 12.3 Å². The highest BCUT2D eigenvalue weighted by Gasteiger charge is 2.19. The Balaban J connectivity index is 1.71. The van der Waals surface area contributed by atoms with Gasteiger partial charge in [0.15, 0.2) is 0 Å². The van der Waals surface area contributed by atoms with Crippen molar-refractivity contribution in [1.82, 2.24) is 10.3 Å². The molecule has 0 bridgehead atoms. The van der Waals surface area contributed by atoms with Gasteiger partial charge in [0.05, 0.1) is 5.69 Å². The molecule has 1 aliphatic rings. The summed E-state index contributed by atoms with van der Waals surface area (Å²) < 4.78 is 0. The number of rotatable bonds is 4. The second-order valence-electron chi connectivity index (χ2n) is 4.89. The number of amides is 1. The summed E-state index contributed by atoms with van der Waals surface area (Å²) in [5.74, 6) is 0.465. The average molecular weight is 312 g/mol. The Morgan fingerprint density at radius 3 is 2.68 bits per heavy atom. The van der Waals surface area contributed by atoms with Gasteiger partial charge in [-0.25, -0.2) is 4.99 Å². The number of aryl methyl sites for hydroxylation is 1. The summed E-state index contributed by atoms with van der Waals surface area (Å²) in [5.41, 5.74) is 2.14. The minimum atomic E-state index is -0.195. The SMILES string of the molecule is O=C1NC(CCc2ccccc2Cl)=N/C1=C/c1ccccn1. The highest BCUT2D eigenvalue weighted by atomic mass is 35.5. The highest BCUT2D eigenvalue weighted by molar-refractivity contribution is 6.31. The van der Waals surface area contributed by atoms with E-state index in [4.69, 9.17) is 11.6 Å². The molecule has 5 heteroatoms. The average Bonchev–Trinajstić information content (AvgIpc) is 2.88. The predicted octanol–water partition coefficient (Wildman–Crippen LogP) is 3.24. The van der Waals surface area contributed by atoms with Crippen molar-refractivity contribution in [3.63, 3.8) is 0 Å². The molecule has 22 heavy (non-hydrogen) atoms. The Bertz CT molecular complexity index is 754. The van der Waals surface area contributed by atoms with Crippen LogP contribution in [0.5, 0.6) is 0 Å². The number of aromatic nitrogens is 1. The maximum absolute atomic E-state index is 11.9. The van der Waals surface area contributed by atoms with E-state index in [1.165, 1.54) is 0 Å². The monoisotopic (exact) mass is 311 g/mol. The van der Waals surface area contributed by atoms with Crippen LogP contribution in [0.15, 0.2) is 59.4 Å². The zero-order valence-electron chi connectivity index (χ0n) is 11.8. The molecule has 0 fully saturated rings. The third-order valence-corrected chi connectivity index (χ3v) is 3.68. The van der Waals surface area contributed by atoms with Gasteiger partial charge in [-0.2, -0.15) is 0 Å². The molecule has 4 nitrogen and oxygen atoms in total. The van der Waals surface area contributed by atoms with Crippen molar-refractivity contribution in [3.05, 3.63) is 70.6 Å². The summed E-state index contributed by atoms with van der Waals surface area (Å²) in [5, 5.41) is 3.52. The molecule has 0 saturated carbocycles. The van der Waals surface area contributed by atoms with E-state index in [1.807, 2.05) is 42.5 Å². The lowest BCUT2D eigenvalue weighted by Gasteiger charge is -2.03. The van der Waals surface area contributed by atoms with Gasteiger partial charge in [0.2, 0.25) is 0 Å². The number of hydrogen-bond acceptors (Lipinski definition) is 3. The number of pyridine rings is 1. The molecule has 1 N–H and O–H groups in total. The van der Waals surface area contributed by atoms with Crippen LogP contribution < -0.4 is 5.32 Å². The van der Waals surface area contributed by atoms with Gasteiger partial charge in [-0.1, -0.05) is 35.9 Å². The molecule has 2 heterocycles. The Hall–Kier alpha value is -2.46. The van der Waals surface area contributed by atoms with E-state index in [9.17, 15) is 4.79 Å². The second kappa shape index (κ2) is 6.54. The van der Waals surface area contributed by atoms with Crippen molar-refractivity contribution < 1.29 is 4.79 Å². The van der Waals surface area contributed by atoms with Crippen LogP contribution in [-0.2, 0) is 11.2 Å². The zero-order valence-corrected chi connectivity index (χ0v) is 12.5. The number of carbonyl (C=O) groups is 1. The molecule has 3 rings (SSSR count). The number of carbonyl (C=O) groups excluding carboxylic acids is 1. The van der Waals surface area contributed by atoms with Crippen molar-refractivity contribution in [1.29, 1.82) is 0 Å². The van der Waals surface area contributed by atoms with Crippen LogP contribution in [0.25, 0.3) is 6.08 Å². The van der Waals surface area contributed by atoms with E-state index < -0.39 is 0 Å². The maximum Gasteiger partial charge on any atom is 0.275 e. The molecule has 2 aromatic rings. The summed E-state index contributed by atoms with van der Waals surface area (Å²) in [7, 11) is 0. The lowest BCUT2D eigenvalue weighted by molar-refractivity contribution is -0.115. The van der Waals surface area contributed by atoms with Crippen LogP contribution in [-0.4, -0.2) is 16.7 Å². The molecule has 110 valence electrons. The smallest absolute Gasteiger partial charge is 0.275 e. The molecule has 0 radical (unpaired) electrons. The third kappa shape index (κ3) is 3.40. The summed E-state index contributed by atoms with van der Waals surface area (Å²) in [4.78, 5) is 20.4. The minimum Gasteiger partial charge on any atom is -0.309 e. The molecule has 1 aromatic carbocycles. The Morgan fingerprint density at radius 2 is 1.91 bits per heavy atom. The van der Waals surface area contributed by atoms with Gasteiger partial charge in [0, 0.05) is 17.6 Å². The Morgan fingerprint density at radius 1 is 1.09 bits per heavy atom. The fourth-order valence-electron chi connectivity index (χ4n) is 2.19. The lowest BCUT2D eigenvalue weighted by Crippen LogP contribution is -2.24. The molecular formula is C17H14ClN3O. The first-order chi connectivity index (χ1) is 10.7. The highest BCUT2D eigenvalue weighted by Crippen LogP contribution is 2.18. The van der Waals surface area contributed by atoms with Crippen LogP contribution in [0.1, 0.15) is 17.7 Å². The first kappa shape index (κ1) is 14.5. The minimum absolute atomic E-state index is 0.195. The van der Waals surface area contributed by atoms with Crippen LogP contribution in [0.2, 0.25) is 5.02 Å². The van der Waals surface area contributed by atoms with Crippen molar-refractivity contribution >= 4 is 29.4 Å². The summed E-state index contributed by atoms with van der Waals surface area (Å²) in [6, 6.07) is 13.2. The van der Waals surface area contributed by atoms with Crippen molar-refractivity contribution in [2.24, 2.45) is 4.99 Å². The van der Waals surface area contributed by atoms with Crippen molar-refractivity contribution in [2.75, 3.05) is 0 Å². The number of benzene rings is 1. The Labute approximate surface area is 133 Å². The fourth-order valence-corrected chi connectivity index (χ4v) is 2.42. The van der Waals surface area contributed by atoms with E-state index >= 15 is 0 Å². The standard InChI is InChI=1S/C17H14ClN3O/c18-14-7-2-1-5-12(14)8-9-16-20-15(17(22)21-16)11-13-6-3-4-10-19-13/h1-7,10-11H,8-9H2,(H,20,21,22)/b15-11+. The van der Waals surface area contributed by atoms with Gasteiger partial charge >= 0.3 is 0 Å². The van der Waals surface area contributed by atoms with Crippen LogP contribution in [0, 0.1) is 0 Å². The number of aliphatic imine (C=N–C) groups is 1. The van der Waals surface area contributed by atoms with Gasteiger partial charge in [0.25, 0.3) is 5.91 Å². The van der Waals surface area contributed by atoms with Gasteiger partial charge in [-0.3, -0.25) is 9.78 Å². The molecule has 1 aliphatic heterocycles. The molecule has 0 atom stereocenters. The molecular weight excluding hydrogens is 298 g/mol. The largest absolute Gasteiger partial charge is 0.309 e. The molecule has 0 aliphatic carbocycles. The molecule has 0 unspecified atom stereocenters. The summed E-state index contributed by atoms with van der Waals surface area (Å²) in [6.45, 7) is 0. The number of halogens is 1. The van der Waals surface area contributed by atoms with Crippen molar-refractivity contribution in [2.45, 2.75) is 12.8 Å². The quantitative estimate of drug-likeness (QED) is 0.881. The van der Waals surface area contributed by atoms with Crippen LogP contribution in [0.3, 0.4) is 0 Å². The lowest BCUT2D eigenvalue weighted by atomic mass is 10.1. The van der Waals surface area contributed by atoms with E-state index in [2.05, 4.69) is 15.3 Å². The van der Waals surface area contributed by atoms with Gasteiger partial charge in [0.1, 0.15) is 11.5 Å². The topological polar surface area (TPSA) is 54.4 Å². The third-order valence-electron chi connectivity index (χ3n) is 3.31.